The first kappa shape index (κ1) is 39.5. The molecule has 0 aliphatic heterocycles. The predicted molar refractivity (Wildman–Crippen MR) is 211 cm³/mol. The molecule has 4 atom stereocenters. The van der Waals surface area contributed by atoms with Gasteiger partial charge in [0.1, 0.15) is 0 Å². The second-order valence-electron chi connectivity index (χ2n) is 21.2. The largest absolute Gasteiger partial charge is 1.00 e. The minimum absolute atomic E-state index is 0. The van der Waals surface area contributed by atoms with E-state index in [2.05, 4.69) is 132 Å². The van der Waals surface area contributed by atoms with Crippen molar-refractivity contribution in [2.45, 2.75) is 138 Å². The van der Waals surface area contributed by atoms with Gasteiger partial charge in [0.25, 0.3) is 0 Å². The Labute approximate surface area is 337 Å². The number of benzene rings is 1. The van der Waals surface area contributed by atoms with Crippen molar-refractivity contribution in [1.29, 1.82) is 0 Å². The van der Waals surface area contributed by atoms with Crippen LogP contribution in [0.3, 0.4) is 0 Å². The summed E-state index contributed by atoms with van der Waals surface area (Å²) >= 11 is -2.64. The zero-order valence-electron chi connectivity index (χ0n) is 34.5. The summed E-state index contributed by atoms with van der Waals surface area (Å²) in [5.41, 5.74) is 12.7. The molecule has 0 aromatic heterocycles. The maximum absolute atomic E-state index is 2.93. The zero-order valence-corrected chi connectivity index (χ0v) is 38.5. The molecular formula is C49H66Cl2Zr. The number of halogens is 2. The van der Waals surface area contributed by atoms with Gasteiger partial charge in [-0.25, -0.2) is 0 Å². The van der Waals surface area contributed by atoms with Crippen molar-refractivity contribution in [3.63, 3.8) is 0 Å². The minimum Gasteiger partial charge on any atom is -1.00 e. The van der Waals surface area contributed by atoms with Crippen LogP contribution in [0.5, 0.6) is 0 Å². The number of allylic oxidation sites excluding steroid dienone is 10. The topological polar surface area (TPSA) is 0 Å². The first-order chi connectivity index (χ1) is 23.4. The van der Waals surface area contributed by atoms with E-state index < -0.39 is 21.3 Å². The van der Waals surface area contributed by atoms with E-state index in [1.54, 1.807) is 33.4 Å². The Morgan fingerprint density at radius 3 is 2.00 bits per heavy atom. The van der Waals surface area contributed by atoms with Crippen molar-refractivity contribution in [3.05, 3.63) is 85.3 Å². The van der Waals surface area contributed by atoms with Gasteiger partial charge in [0, 0.05) is 0 Å². The van der Waals surface area contributed by atoms with Crippen LogP contribution in [0.25, 0.3) is 5.57 Å². The van der Waals surface area contributed by atoms with Crippen LogP contribution < -0.4 is 24.8 Å². The molecule has 3 heteroatoms. The van der Waals surface area contributed by atoms with Crippen LogP contribution in [0.1, 0.15) is 139 Å². The molecule has 9 aliphatic rings. The molecule has 0 N–H and O–H groups in total. The standard InChI is InChI=1S/C29H37.C17H23.C3H6.2ClH.Zr/c1-18-25-22-17-19-13-9-10-14-20(19)24(22)21-15-11-12-16-23(21)29(25,8)28(6,7)27(4,5)26(18,2)3;1-11-3-4-14(5-11)17(2)15-7-12-6-13(9-15)10-16(17)8-12;1-3-2;;;/h9-11,13-15,23H,12,16-17H2,1-8H3;4-5,11-13,15-16H,6-10H2,1-2H3;1-2H3;2*1H;/q;;;;;+2/p-2. The van der Waals surface area contributed by atoms with Crippen LogP contribution >= 0.6 is 0 Å². The van der Waals surface area contributed by atoms with Gasteiger partial charge in [0.05, 0.1) is 0 Å². The van der Waals surface area contributed by atoms with Gasteiger partial charge in [-0.3, -0.25) is 0 Å². The van der Waals surface area contributed by atoms with Gasteiger partial charge in [-0.2, -0.15) is 0 Å². The molecule has 4 unspecified atom stereocenters. The van der Waals surface area contributed by atoms with E-state index in [4.69, 9.17) is 0 Å². The fourth-order valence-electron chi connectivity index (χ4n) is 15.4. The van der Waals surface area contributed by atoms with Crippen LogP contribution in [-0.2, 0) is 27.7 Å². The molecule has 0 spiro atoms. The van der Waals surface area contributed by atoms with E-state index in [-0.39, 0.29) is 49.6 Å². The fourth-order valence-corrected chi connectivity index (χ4v) is 26.7. The molecule has 5 saturated carbocycles. The molecule has 10 rings (SSSR count). The van der Waals surface area contributed by atoms with Gasteiger partial charge in [0.2, 0.25) is 0 Å². The zero-order chi connectivity index (χ0) is 35.6. The molecule has 9 aliphatic carbocycles. The molecule has 0 nitrogen and oxygen atoms in total. The average Bonchev–Trinajstić information content (AvgIpc) is 3.63. The Morgan fingerprint density at radius 1 is 0.769 bits per heavy atom. The summed E-state index contributed by atoms with van der Waals surface area (Å²) in [4.78, 5) is 0. The maximum Gasteiger partial charge on any atom is -1.00 e. The SMILES string of the molecule is C[C](C)=[Zr+2]([C]1=CC(C2(C)C3CC4CC(C3)CC2C4)=CC1C)[C]1(C)C2=C3Cc4ccccc4C3=C3C=CCCC3C2(C)C(C)(C)C(C)(C)C1(C)C.[Cl-].[Cl-]. The van der Waals surface area contributed by atoms with Crippen molar-refractivity contribution < 1.29 is 46.1 Å². The quantitative estimate of drug-likeness (QED) is 0.301. The second-order valence-corrected chi connectivity index (χ2v) is 29.4. The van der Waals surface area contributed by atoms with E-state index in [0.29, 0.717) is 17.3 Å². The minimum atomic E-state index is -2.64. The van der Waals surface area contributed by atoms with Crippen LogP contribution in [0, 0.1) is 62.6 Å². The van der Waals surface area contributed by atoms with Crippen molar-refractivity contribution >= 4 is 8.78 Å². The molecular weight excluding hydrogens is 751 g/mol. The molecule has 1 aromatic carbocycles. The van der Waals surface area contributed by atoms with Gasteiger partial charge in [-0.15, -0.1) is 0 Å². The van der Waals surface area contributed by atoms with Gasteiger partial charge in [-0.1, -0.05) is 0 Å². The van der Waals surface area contributed by atoms with E-state index in [9.17, 15) is 0 Å². The second kappa shape index (κ2) is 12.4. The van der Waals surface area contributed by atoms with Crippen LogP contribution in [0.15, 0.2) is 74.1 Å². The Morgan fingerprint density at radius 2 is 1.38 bits per heavy atom. The predicted octanol–water partition coefficient (Wildman–Crippen LogP) is 7.31. The van der Waals surface area contributed by atoms with E-state index in [0.717, 1.165) is 30.1 Å². The molecule has 280 valence electrons. The van der Waals surface area contributed by atoms with Crippen LogP contribution in [0.2, 0.25) is 3.12 Å². The molecule has 52 heavy (non-hydrogen) atoms. The fraction of sp³-hybridized carbons (Fsp3) is 0.653. The molecule has 4 bridgehead atoms. The third-order valence-corrected chi connectivity index (χ3v) is 29.2. The third-order valence-electron chi connectivity index (χ3n) is 19.2. The summed E-state index contributed by atoms with van der Waals surface area (Å²) in [6, 6.07) is 9.52. The van der Waals surface area contributed by atoms with Gasteiger partial charge < -0.3 is 24.8 Å². The summed E-state index contributed by atoms with van der Waals surface area (Å²) in [6.07, 6.45) is 22.0. The Kier molecular flexibility index (Phi) is 9.40. The molecule has 0 saturated heterocycles. The third kappa shape index (κ3) is 4.52. The van der Waals surface area contributed by atoms with E-state index in [1.165, 1.54) is 44.9 Å². The summed E-state index contributed by atoms with van der Waals surface area (Å²) in [5.74, 6) is 4.98. The Bertz CT molecular complexity index is 1870. The summed E-state index contributed by atoms with van der Waals surface area (Å²) in [7, 11) is 0. The molecule has 5 fully saturated rings. The van der Waals surface area contributed by atoms with Gasteiger partial charge in [-0.05, 0) is 0 Å². The van der Waals surface area contributed by atoms with Gasteiger partial charge >= 0.3 is 315 Å². The Balaban J connectivity index is 0.00000210. The normalized spacial score (nSPS) is 40.7. The molecule has 0 heterocycles. The molecule has 0 radical (unpaired) electrons. The monoisotopic (exact) mass is 814 g/mol. The first-order valence-electron chi connectivity index (χ1n) is 20.8. The summed E-state index contributed by atoms with van der Waals surface area (Å²) < 4.78 is 3.88. The number of hydrogen-bond donors (Lipinski definition) is 0. The Hall–Kier alpha value is -0.747. The van der Waals surface area contributed by atoms with Gasteiger partial charge in [0.15, 0.2) is 0 Å². The van der Waals surface area contributed by atoms with Crippen LogP contribution in [0.4, 0.5) is 0 Å². The summed E-state index contributed by atoms with van der Waals surface area (Å²) in [6.45, 7) is 32.6. The van der Waals surface area contributed by atoms with Crippen molar-refractivity contribution in [2.75, 3.05) is 0 Å². The van der Waals surface area contributed by atoms with E-state index in [1.807, 2.05) is 12.1 Å². The molecule has 1 aromatic rings. The summed E-state index contributed by atoms with van der Waals surface area (Å²) in [5, 5.41) is 0. The van der Waals surface area contributed by atoms with Crippen molar-refractivity contribution in [3.8, 4) is 0 Å². The first-order valence-corrected chi connectivity index (χ1v) is 24.5. The van der Waals surface area contributed by atoms with E-state index >= 15 is 0 Å². The van der Waals surface area contributed by atoms with Crippen molar-refractivity contribution in [2.24, 2.45) is 62.6 Å². The molecule has 0 amide bonds. The number of rotatable bonds is 3. The number of fused-ring (bicyclic) bond motifs is 6. The average molecular weight is 817 g/mol. The maximum atomic E-state index is 2.93. The smallest absolute Gasteiger partial charge is 1.00 e. The van der Waals surface area contributed by atoms with Crippen molar-refractivity contribution in [1.82, 2.24) is 0 Å². The van der Waals surface area contributed by atoms with Crippen LogP contribution in [-0.4, -0.2) is 3.21 Å². The number of hydrogen-bond acceptors (Lipinski definition) is 0.